The van der Waals surface area contributed by atoms with Crippen LogP contribution in [-0.4, -0.2) is 65.0 Å². The highest BCUT2D eigenvalue weighted by molar-refractivity contribution is 7.99. The van der Waals surface area contributed by atoms with Crippen LogP contribution in [0.25, 0.3) is 10.9 Å². The van der Waals surface area contributed by atoms with Crippen molar-refractivity contribution in [3.8, 4) is 11.6 Å². The number of phenolic OH excluding ortho intramolecular Hbond substituents is 1. The lowest BCUT2D eigenvalue weighted by Crippen LogP contribution is -2.38. The maximum Gasteiger partial charge on any atom is 0.246 e. The van der Waals surface area contributed by atoms with E-state index in [2.05, 4.69) is 20.0 Å². The number of ether oxygens (including phenoxy) is 1. The lowest BCUT2D eigenvalue weighted by Gasteiger charge is -2.29. The zero-order chi connectivity index (χ0) is 27.7. The predicted octanol–water partition coefficient (Wildman–Crippen LogP) is 4.06. The van der Waals surface area contributed by atoms with Gasteiger partial charge in [-0.05, 0) is 92.7 Å². The van der Waals surface area contributed by atoms with Crippen molar-refractivity contribution in [3.05, 3.63) is 54.4 Å². The molecule has 3 aromatic rings. The minimum atomic E-state index is -3.95. The number of aromatic hydroxyl groups is 1. The van der Waals surface area contributed by atoms with Crippen LogP contribution in [-0.2, 0) is 10.0 Å². The first-order chi connectivity index (χ1) is 19.4. The van der Waals surface area contributed by atoms with Gasteiger partial charge in [-0.2, -0.15) is 11.8 Å². The maximum absolute atomic E-state index is 13.3. The molecule has 4 heterocycles. The molecular weight excluding hydrogens is 548 g/mol. The molecule has 6 rings (SSSR count). The Morgan fingerprint density at radius 2 is 1.77 bits per heavy atom. The lowest BCUT2D eigenvalue weighted by atomic mass is 9.83. The molecule has 0 amide bonds. The van der Waals surface area contributed by atoms with E-state index in [1.807, 2.05) is 11.8 Å². The smallest absolute Gasteiger partial charge is 0.246 e. The van der Waals surface area contributed by atoms with Gasteiger partial charge in [-0.25, -0.2) is 18.1 Å². The number of aromatic nitrogens is 2. The van der Waals surface area contributed by atoms with Gasteiger partial charge in [0.05, 0.1) is 17.1 Å². The number of nitrogens with one attached hydrogen (secondary N) is 2. The number of pyridine rings is 2. The van der Waals surface area contributed by atoms with E-state index in [9.17, 15) is 18.3 Å². The van der Waals surface area contributed by atoms with Crippen molar-refractivity contribution in [2.45, 2.75) is 74.1 Å². The number of sulfonamides is 1. The van der Waals surface area contributed by atoms with Crippen molar-refractivity contribution in [3.63, 3.8) is 0 Å². The maximum atomic E-state index is 13.3. The number of rotatable bonds is 9. The van der Waals surface area contributed by atoms with Crippen LogP contribution in [0, 0.1) is 5.92 Å². The summed E-state index contributed by atoms with van der Waals surface area (Å²) < 4.78 is 35.4. The van der Waals surface area contributed by atoms with E-state index < -0.39 is 10.0 Å². The van der Waals surface area contributed by atoms with E-state index in [0.29, 0.717) is 35.6 Å². The Balaban J connectivity index is 1.02. The normalized spacial score (nSPS) is 25.5. The molecule has 11 heteroatoms. The van der Waals surface area contributed by atoms with Gasteiger partial charge in [0.2, 0.25) is 15.9 Å². The average molecular weight is 583 g/mol. The SMILES string of the molecule is O=C(c1cccnc1OC1CCSCC1)C1NC1CC1CCC(NS(=O)(=O)c2c(O)ccc3cccnc23)CC1. The summed E-state index contributed by atoms with van der Waals surface area (Å²) in [4.78, 5) is 21.7. The number of hydrogen-bond acceptors (Lipinski definition) is 9. The summed E-state index contributed by atoms with van der Waals surface area (Å²) in [5, 5.41) is 14.4. The Bertz CT molecular complexity index is 1490. The molecule has 1 saturated carbocycles. The second-order valence-electron chi connectivity index (χ2n) is 11.0. The molecule has 3 fully saturated rings. The molecule has 40 heavy (non-hydrogen) atoms. The molecule has 3 N–H and O–H groups in total. The Labute approximate surface area is 238 Å². The molecule has 0 radical (unpaired) electrons. The number of Topliss-reactive ketones (excluding diaryl/α,β-unsaturated/α-hetero) is 1. The van der Waals surface area contributed by atoms with Crippen LogP contribution >= 0.6 is 11.8 Å². The molecule has 2 atom stereocenters. The van der Waals surface area contributed by atoms with Crippen LogP contribution in [0.4, 0.5) is 0 Å². The number of ketones is 1. The third-order valence-corrected chi connectivity index (χ3v) is 10.8. The van der Waals surface area contributed by atoms with Crippen molar-refractivity contribution < 1.29 is 23.1 Å². The summed E-state index contributed by atoms with van der Waals surface area (Å²) in [7, 11) is -3.95. The number of benzene rings is 1. The largest absolute Gasteiger partial charge is 0.506 e. The van der Waals surface area contributed by atoms with Crippen molar-refractivity contribution in [2.24, 2.45) is 5.92 Å². The Morgan fingerprint density at radius 1 is 1.02 bits per heavy atom. The molecule has 3 aliphatic rings. The van der Waals surface area contributed by atoms with E-state index >= 15 is 0 Å². The summed E-state index contributed by atoms with van der Waals surface area (Å²) in [5.41, 5.74) is 0.809. The topological polar surface area (TPSA) is 140 Å². The zero-order valence-electron chi connectivity index (χ0n) is 22.2. The number of hydrogen-bond donors (Lipinski definition) is 3. The Morgan fingerprint density at radius 3 is 2.58 bits per heavy atom. The molecular formula is C29H34N4O5S2. The van der Waals surface area contributed by atoms with E-state index in [1.165, 1.54) is 12.3 Å². The minimum Gasteiger partial charge on any atom is -0.506 e. The van der Waals surface area contributed by atoms with Gasteiger partial charge >= 0.3 is 0 Å². The van der Waals surface area contributed by atoms with E-state index in [-0.39, 0.29) is 46.2 Å². The summed E-state index contributed by atoms with van der Waals surface area (Å²) in [6.07, 6.45) is 9.26. The zero-order valence-corrected chi connectivity index (χ0v) is 23.8. The van der Waals surface area contributed by atoms with Gasteiger partial charge in [-0.3, -0.25) is 9.78 Å². The monoisotopic (exact) mass is 582 g/mol. The van der Waals surface area contributed by atoms with Gasteiger partial charge in [0.25, 0.3) is 0 Å². The van der Waals surface area contributed by atoms with Gasteiger partial charge in [-0.1, -0.05) is 6.07 Å². The first-order valence-electron chi connectivity index (χ1n) is 14.0. The molecule has 0 spiro atoms. The molecule has 1 aliphatic carbocycles. The van der Waals surface area contributed by atoms with E-state index in [0.717, 1.165) is 43.6 Å². The lowest BCUT2D eigenvalue weighted by molar-refractivity contribution is 0.0976. The number of carbonyl (C=O) groups excluding carboxylic acids is 1. The second-order valence-corrected chi connectivity index (χ2v) is 13.8. The van der Waals surface area contributed by atoms with Crippen molar-refractivity contribution >= 4 is 38.5 Å². The van der Waals surface area contributed by atoms with Gasteiger partial charge in [0, 0.05) is 29.9 Å². The highest BCUT2D eigenvalue weighted by atomic mass is 32.2. The first-order valence-corrected chi connectivity index (χ1v) is 16.6. The van der Waals surface area contributed by atoms with Crippen molar-refractivity contribution in [1.29, 1.82) is 0 Å². The molecule has 9 nitrogen and oxygen atoms in total. The summed E-state index contributed by atoms with van der Waals surface area (Å²) >= 11 is 1.93. The third kappa shape index (κ3) is 5.97. The van der Waals surface area contributed by atoms with E-state index in [4.69, 9.17) is 4.74 Å². The van der Waals surface area contributed by atoms with Crippen molar-refractivity contribution in [1.82, 2.24) is 20.0 Å². The minimum absolute atomic E-state index is 0.0308. The molecule has 0 bridgehead atoms. The number of carbonyl (C=O) groups is 1. The fraction of sp³-hybridized carbons (Fsp3) is 0.483. The van der Waals surface area contributed by atoms with Crippen LogP contribution in [0.1, 0.15) is 55.3 Å². The standard InChI is InChI=1S/C29H34N4O5S2/c34-24-10-7-19-3-1-13-30-25(19)28(24)40(36,37)33-20-8-5-18(6-9-20)17-23-26(32-23)27(35)22-4-2-14-31-29(22)38-21-11-15-39-16-12-21/h1-4,7,10,13-14,18,20-21,23,26,32-34H,5-6,8-9,11-12,15-17H2. The molecule has 2 saturated heterocycles. The number of thioether (sulfide) groups is 1. The van der Waals surface area contributed by atoms with Gasteiger partial charge < -0.3 is 15.2 Å². The quantitative estimate of drug-likeness (QED) is 0.252. The molecule has 2 aliphatic heterocycles. The highest BCUT2D eigenvalue weighted by Crippen LogP contribution is 2.35. The molecule has 2 aromatic heterocycles. The van der Waals surface area contributed by atoms with Crippen LogP contribution < -0.4 is 14.8 Å². The van der Waals surface area contributed by atoms with Gasteiger partial charge in [0.1, 0.15) is 16.7 Å². The fourth-order valence-corrected chi connectivity index (χ4v) is 8.58. The Hall–Kier alpha value is -2.73. The Kier molecular flexibility index (Phi) is 7.98. The summed E-state index contributed by atoms with van der Waals surface area (Å²) in [5.74, 6) is 2.72. The second kappa shape index (κ2) is 11.6. The van der Waals surface area contributed by atoms with Crippen LogP contribution in [0.2, 0.25) is 0 Å². The van der Waals surface area contributed by atoms with Crippen LogP contribution in [0.15, 0.2) is 53.7 Å². The van der Waals surface area contributed by atoms with E-state index in [1.54, 1.807) is 36.5 Å². The van der Waals surface area contributed by atoms with Crippen LogP contribution in [0.3, 0.4) is 0 Å². The summed E-state index contributed by atoms with van der Waals surface area (Å²) in [6.45, 7) is 0. The average Bonchev–Trinajstić information content (AvgIpc) is 3.73. The van der Waals surface area contributed by atoms with Gasteiger partial charge in [-0.15, -0.1) is 0 Å². The fourth-order valence-electron chi connectivity index (χ4n) is 5.96. The summed E-state index contributed by atoms with van der Waals surface area (Å²) in [6, 6.07) is 9.82. The molecule has 1 aromatic carbocycles. The van der Waals surface area contributed by atoms with Crippen LogP contribution in [0.5, 0.6) is 11.6 Å². The molecule has 212 valence electrons. The number of phenols is 1. The first kappa shape index (κ1) is 27.4. The number of nitrogens with zero attached hydrogens (tertiary/aromatic N) is 2. The highest BCUT2D eigenvalue weighted by Gasteiger charge is 2.45. The predicted molar refractivity (Wildman–Crippen MR) is 154 cm³/mol. The van der Waals surface area contributed by atoms with Gasteiger partial charge in [0.15, 0.2) is 5.78 Å². The molecule has 2 unspecified atom stereocenters. The number of fused-ring (bicyclic) bond motifs is 1. The third-order valence-electron chi connectivity index (χ3n) is 8.18. The van der Waals surface area contributed by atoms with Crippen molar-refractivity contribution in [2.75, 3.05) is 11.5 Å².